The Hall–Kier alpha value is -3.68. The third-order valence-corrected chi connectivity index (χ3v) is 6.22. The molecule has 0 radical (unpaired) electrons. The van der Waals surface area contributed by atoms with Gasteiger partial charge in [-0.15, -0.1) is 0 Å². The standard InChI is InChI=1S/C26H26F2N4O2/c1-17-15-31(16-29-17)24-6-5-18(11-25(24)33-2)10-19-4-3-8-32-23(7-9-34-30-26(19)32)20-12-21(27)14-22(28)13-20/h5-6,10-16,23H,3-4,7-9H2,1-2H3/b19-10+/t23-/m1/s1. The van der Waals surface area contributed by atoms with E-state index >= 15 is 0 Å². The normalized spacial score (nSPS) is 19.3. The number of amidine groups is 1. The Morgan fingerprint density at radius 2 is 1.97 bits per heavy atom. The van der Waals surface area contributed by atoms with E-state index in [4.69, 9.17) is 9.57 Å². The maximum absolute atomic E-state index is 14.0. The summed E-state index contributed by atoms with van der Waals surface area (Å²) in [4.78, 5) is 12.0. The lowest BCUT2D eigenvalue weighted by Crippen LogP contribution is -2.39. The summed E-state index contributed by atoms with van der Waals surface area (Å²) in [5.41, 5.74) is 4.41. The molecule has 2 aliphatic heterocycles. The van der Waals surface area contributed by atoms with Crippen LogP contribution in [0.25, 0.3) is 11.8 Å². The number of halogens is 2. The zero-order valence-electron chi connectivity index (χ0n) is 19.2. The number of hydrogen-bond acceptors (Lipinski definition) is 5. The van der Waals surface area contributed by atoms with Crippen LogP contribution in [0.15, 0.2) is 59.7 Å². The lowest BCUT2D eigenvalue weighted by Gasteiger charge is -2.36. The van der Waals surface area contributed by atoms with E-state index in [9.17, 15) is 8.78 Å². The second-order valence-corrected chi connectivity index (χ2v) is 8.58. The molecule has 2 aromatic carbocycles. The summed E-state index contributed by atoms with van der Waals surface area (Å²) in [6, 6.07) is 9.49. The average Bonchev–Trinajstić information content (AvgIpc) is 3.12. The van der Waals surface area contributed by atoms with E-state index in [0.717, 1.165) is 53.7 Å². The van der Waals surface area contributed by atoms with Crippen LogP contribution in [-0.4, -0.2) is 40.5 Å². The van der Waals surface area contributed by atoms with Crippen LogP contribution in [-0.2, 0) is 4.84 Å². The number of nitrogens with zero attached hydrogens (tertiary/aromatic N) is 4. The maximum Gasteiger partial charge on any atom is 0.171 e. The molecule has 8 heteroatoms. The number of rotatable bonds is 4. The third kappa shape index (κ3) is 4.40. The number of methoxy groups -OCH3 is 1. The first-order valence-electron chi connectivity index (χ1n) is 11.3. The van der Waals surface area contributed by atoms with Gasteiger partial charge in [-0.05, 0) is 66.8 Å². The van der Waals surface area contributed by atoms with Crippen molar-refractivity contribution in [3.8, 4) is 11.4 Å². The molecule has 3 heterocycles. The summed E-state index contributed by atoms with van der Waals surface area (Å²) >= 11 is 0. The van der Waals surface area contributed by atoms with Crippen LogP contribution in [0.5, 0.6) is 5.75 Å². The number of ether oxygens (including phenoxy) is 1. The molecule has 1 saturated heterocycles. The van der Waals surface area contributed by atoms with Gasteiger partial charge in [-0.1, -0.05) is 11.2 Å². The van der Waals surface area contributed by atoms with Gasteiger partial charge in [0.1, 0.15) is 24.0 Å². The first kappa shape index (κ1) is 22.1. The van der Waals surface area contributed by atoms with E-state index in [0.29, 0.717) is 24.4 Å². The van der Waals surface area contributed by atoms with Crippen LogP contribution >= 0.6 is 0 Å². The van der Waals surface area contributed by atoms with Crippen LogP contribution in [0.1, 0.15) is 42.1 Å². The monoisotopic (exact) mass is 464 g/mol. The predicted molar refractivity (Wildman–Crippen MR) is 126 cm³/mol. The maximum atomic E-state index is 14.0. The van der Waals surface area contributed by atoms with Crippen molar-refractivity contribution in [1.82, 2.24) is 14.5 Å². The van der Waals surface area contributed by atoms with Gasteiger partial charge in [0.2, 0.25) is 0 Å². The number of imidazole rings is 1. The largest absolute Gasteiger partial charge is 0.495 e. The van der Waals surface area contributed by atoms with Crippen molar-refractivity contribution in [3.05, 3.63) is 83.0 Å². The second-order valence-electron chi connectivity index (χ2n) is 8.58. The van der Waals surface area contributed by atoms with Crippen LogP contribution in [0.3, 0.4) is 0 Å². The van der Waals surface area contributed by atoms with Gasteiger partial charge in [-0.25, -0.2) is 13.8 Å². The summed E-state index contributed by atoms with van der Waals surface area (Å²) in [7, 11) is 1.65. The van der Waals surface area contributed by atoms with Crippen molar-refractivity contribution in [2.45, 2.75) is 32.2 Å². The molecular weight excluding hydrogens is 438 g/mol. The summed E-state index contributed by atoms with van der Waals surface area (Å²) in [6.45, 7) is 3.06. The minimum atomic E-state index is -0.577. The van der Waals surface area contributed by atoms with Crippen LogP contribution in [0.4, 0.5) is 8.78 Å². The van der Waals surface area contributed by atoms with E-state index in [1.807, 2.05) is 35.9 Å². The zero-order valence-corrected chi connectivity index (χ0v) is 19.2. The number of fused-ring (bicyclic) bond motifs is 1. The summed E-state index contributed by atoms with van der Waals surface area (Å²) in [5.74, 6) is 0.289. The van der Waals surface area contributed by atoms with Crippen molar-refractivity contribution in [2.75, 3.05) is 20.3 Å². The Bertz CT molecular complexity index is 1250. The number of piperidine rings is 1. The highest BCUT2D eigenvalue weighted by atomic mass is 19.1. The van der Waals surface area contributed by atoms with Crippen molar-refractivity contribution < 1.29 is 18.4 Å². The van der Waals surface area contributed by atoms with Gasteiger partial charge in [-0.3, -0.25) is 0 Å². The zero-order chi connectivity index (χ0) is 23.7. The molecule has 34 heavy (non-hydrogen) atoms. The van der Waals surface area contributed by atoms with E-state index in [1.165, 1.54) is 12.1 Å². The highest BCUT2D eigenvalue weighted by Gasteiger charge is 2.32. The average molecular weight is 465 g/mol. The molecule has 0 spiro atoms. The molecule has 0 amide bonds. The van der Waals surface area contributed by atoms with E-state index in [-0.39, 0.29) is 6.04 Å². The fourth-order valence-corrected chi connectivity index (χ4v) is 4.69. The quantitative estimate of drug-likeness (QED) is 0.517. The molecule has 0 N–H and O–H groups in total. The molecule has 0 unspecified atom stereocenters. The predicted octanol–water partition coefficient (Wildman–Crippen LogP) is 5.42. The fourth-order valence-electron chi connectivity index (χ4n) is 4.69. The van der Waals surface area contributed by atoms with Gasteiger partial charge in [0, 0.05) is 25.2 Å². The smallest absolute Gasteiger partial charge is 0.171 e. The summed E-state index contributed by atoms with van der Waals surface area (Å²) in [6.07, 6.45) is 8.11. The first-order chi connectivity index (χ1) is 16.5. The number of oxime groups is 1. The van der Waals surface area contributed by atoms with Crippen molar-refractivity contribution >= 4 is 11.9 Å². The van der Waals surface area contributed by atoms with Crippen LogP contribution in [0.2, 0.25) is 0 Å². The molecule has 0 aliphatic carbocycles. The molecule has 0 bridgehead atoms. The van der Waals surface area contributed by atoms with Gasteiger partial charge in [0.25, 0.3) is 0 Å². The third-order valence-electron chi connectivity index (χ3n) is 6.22. The van der Waals surface area contributed by atoms with E-state index < -0.39 is 11.6 Å². The van der Waals surface area contributed by atoms with Gasteiger partial charge < -0.3 is 19.0 Å². The number of aryl methyl sites for hydroxylation is 1. The number of aromatic nitrogens is 2. The van der Waals surface area contributed by atoms with Crippen LogP contribution in [0, 0.1) is 18.6 Å². The van der Waals surface area contributed by atoms with Crippen molar-refractivity contribution in [1.29, 1.82) is 0 Å². The van der Waals surface area contributed by atoms with Gasteiger partial charge >= 0.3 is 0 Å². The Balaban J connectivity index is 1.48. The summed E-state index contributed by atoms with van der Waals surface area (Å²) in [5, 5.41) is 4.40. The molecule has 2 aliphatic rings. The molecule has 5 rings (SSSR count). The lowest BCUT2D eigenvalue weighted by atomic mass is 9.95. The molecular formula is C26H26F2N4O2. The Labute approximate surface area is 197 Å². The number of hydrogen-bond donors (Lipinski definition) is 0. The van der Waals surface area contributed by atoms with E-state index in [1.54, 1.807) is 13.4 Å². The van der Waals surface area contributed by atoms with Gasteiger partial charge in [0.15, 0.2) is 5.84 Å². The molecule has 3 aromatic rings. The SMILES string of the molecule is COc1cc(/C=C2\CCCN3C2=NOCC[C@@H]3c2cc(F)cc(F)c2)ccc1-n1cnc(C)c1. The molecule has 176 valence electrons. The number of benzene rings is 2. The fraction of sp³-hybridized carbons (Fsp3) is 0.308. The second kappa shape index (κ2) is 9.29. The van der Waals surface area contributed by atoms with Crippen LogP contribution < -0.4 is 4.74 Å². The molecule has 1 aromatic heterocycles. The van der Waals surface area contributed by atoms with E-state index in [2.05, 4.69) is 21.1 Å². The topological polar surface area (TPSA) is 51.9 Å². The molecule has 0 saturated carbocycles. The Morgan fingerprint density at radius 3 is 2.71 bits per heavy atom. The van der Waals surface area contributed by atoms with Crippen molar-refractivity contribution in [3.63, 3.8) is 0 Å². The summed E-state index contributed by atoms with van der Waals surface area (Å²) < 4.78 is 35.5. The molecule has 1 fully saturated rings. The van der Waals surface area contributed by atoms with Crippen molar-refractivity contribution in [2.24, 2.45) is 5.16 Å². The molecule has 1 atom stereocenters. The Morgan fingerprint density at radius 1 is 1.15 bits per heavy atom. The Kier molecular flexibility index (Phi) is 6.04. The minimum Gasteiger partial charge on any atom is -0.495 e. The highest BCUT2D eigenvalue weighted by molar-refractivity contribution is 6.02. The van der Waals surface area contributed by atoms with Gasteiger partial charge in [0.05, 0.1) is 30.9 Å². The lowest BCUT2D eigenvalue weighted by molar-refractivity contribution is 0.140. The van der Waals surface area contributed by atoms with Gasteiger partial charge in [-0.2, -0.15) is 0 Å². The minimum absolute atomic E-state index is 0.212. The molecule has 6 nitrogen and oxygen atoms in total. The first-order valence-corrected chi connectivity index (χ1v) is 11.3. The highest BCUT2D eigenvalue weighted by Crippen LogP contribution is 2.35.